The van der Waals surface area contributed by atoms with E-state index in [0.717, 1.165) is 0 Å². The van der Waals surface area contributed by atoms with E-state index in [2.05, 4.69) is 10.6 Å². The predicted molar refractivity (Wildman–Crippen MR) is 65.4 cm³/mol. The largest absolute Gasteiger partial charge is 0.397 e. The van der Waals surface area contributed by atoms with Crippen molar-refractivity contribution < 1.29 is 9.59 Å². The van der Waals surface area contributed by atoms with E-state index in [1.165, 1.54) is 0 Å². The molecule has 0 fully saturated rings. The molecule has 0 radical (unpaired) electrons. The highest BCUT2D eigenvalue weighted by molar-refractivity contribution is 6.01. The zero-order valence-corrected chi connectivity index (χ0v) is 9.19. The number of nitrogens with one attached hydrogen (secondary N) is 2. The molecule has 1 rings (SSSR count). The van der Waals surface area contributed by atoms with E-state index < -0.39 is 11.9 Å². The Kier molecular flexibility index (Phi) is 4.15. The van der Waals surface area contributed by atoms with Crippen LogP contribution in [0.5, 0.6) is 0 Å². The molecule has 3 amide bonds. The lowest BCUT2D eigenvalue weighted by molar-refractivity contribution is 0.100. The van der Waals surface area contributed by atoms with Crippen LogP contribution in [0.3, 0.4) is 0 Å². The van der Waals surface area contributed by atoms with Gasteiger partial charge in [0, 0.05) is 13.1 Å². The van der Waals surface area contributed by atoms with Crippen molar-refractivity contribution in [3.05, 3.63) is 23.8 Å². The van der Waals surface area contributed by atoms with Crippen molar-refractivity contribution in [1.29, 1.82) is 0 Å². The van der Waals surface area contributed by atoms with E-state index in [9.17, 15) is 9.59 Å². The molecule has 0 bridgehead atoms. The van der Waals surface area contributed by atoms with E-state index in [1.807, 2.05) is 0 Å². The van der Waals surface area contributed by atoms with Crippen LogP contribution in [0.2, 0.25) is 0 Å². The average Bonchev–Trinajstić information content (AvgIpc) is 2.25. The fraction of sp³-hybridized carbons (Fsp3) is 0.200. The lowest BCUT2D eigenvalue weighted by Gasteiger charge is -2.12. The number of nitrogen functional groups attached to an aromatic ring is 1. The minimum atomic E-state index is -0.608. The lowest BCUT2D eigenvalue weighted by Crippen LogP contribution is -2.33. The number of carbonyl (C=O) groups is 2. The van der Waals surface area contributed by atoms with Crippen molar-refractivity contribution in [1.82, 2.24) is 5.32 Å². The molecule has 92 valence electrons. The summed E-state index contributed by atoms with van der Waals surface area (Å²) in [6.45, 7) is 0.708. The van der Waals surface area contributed by atoms with Crippen molar-refractivity contribution in [3.63, 3.8) is 0 Å². The van der Waals surface area contributed by atoms with Gasteiger partial charge in [-0.3, -0.25) is 4.79 Å². The molecule has 0 aliphatic carbocycles. The van der Waals surface area contributed by atoms with Crippen molar-refractivity contribution >= 4 is 23.3 Å². The summed E-state index contributed by atoms with van der Waals surface area (Å²) in [5.41, 5.74) is 17.0. The number of amides is 3. The van der Waals surface area contributed by atoms with E-state index in [1.54, 1.807) is 18.2 Å². The summed E-state index contributed by atoms with van der Waals surface area (Å²) >= 11 is 0. The third-order valence-corrected chi connectivity index (χ3v) is 2.09. The molecule has 7 heteroatoms. The van der Waals surface area contributed by atoms with Gasteiger partial charge in [-0.05, 0) is 12.1 Å². The summed E-state index contributed by atoms with van der Waals surface area (Å²) in [6.07, 6.45) is 0. The van der Waals surface area contributed by atoms with Crippen molar-refractivity contribution in [2.24, 2.45) is 11.5 Å². The molecule has 0 unspecified atom stereocenters. The number of carbonyl (C=O) groups excluding carboxylic acids is 2. The summed E-state index contributed by atoms with van der Waals surface area (Å²) in [7, 11) is 0. The smallest absolute Gasteiger partial charge is 0.312 e. The van der Waals surface area contributed by atoms with Gasteiger partial charge in [0.25, 0.3) is 5.91 Å². The van der Waals surface area contributed by atoms with E-state index in [0.29, 0.717) is 30.0 Å². The molecule has 0 spiro atoms. The number of hydrogen-bond donors (Lipinski definition) is 5. The topological polar surface area (TPSA) is 136 Å². The van der Waals surface area contributed by atoms with Crippen LogP contribution in [0.25, 0.3) is 0 Å². The first-order chi connectivity index (χ1) is 8.02. The summed E-state index contributed by atoms with van der Waals surface area (Å²) < 4.78 is 0. The molecule has 0 aliphatic heterocycles. The first-order valence-corrected chi connectivity index (χ1v) is 4.98. The number of nitrogens with two attached hydrogens (primary N) is 3. The number of anilines is 2. The van der Waals surface area contributed by atoms with Crippen LogP contribution in [0, 0.1) is 0 Å². The zero-order chi connectivity index (χ0) is 12.8. The Morgan fingerprint density at radius 1 is 1.18 bits per heavy atom. The molecule has 0 aliphatic rings. The van der Waals surface area contributed by atoms with E-state index in [4.69, 9.17) is 17.2 Å². The number of para-hydroxylation sites is 1. The maximum absolute atomic E-state index is 11.2. The summed E-state index contributed by atoms with van der Waals surface area (Å²) in [6, 6.07) is 4.25. The van der Waals surface area contributed by atoms with Gasteiger partial charge in [0.05, 0.1) is 16.9 Å². The Labute approximate surface area is 98.3 Å². The van der Waals surface area contributed by atoms with Crippen molar-refractivity contribution in [2.45, 2.75) is 0 Å². The number of hydrogen-bond acceptors (Lipinski definition) is 4. The van der Waals surface area contributed by atoms with Gasteiger partial charge >= 0.3 is 6.03 Å². The van der Waals surface area contributed by atoms with Crippen LogP contribution in [0.15, 0.2) is 18.2 Å². The highest BCUT2D eigenvalue weighted by Gasteiger charge is 2.09. The summed E-state index contributed by atoms with van der Waals surface area (Å²) in [5, 5.41) is 5.33. The molecule has 17 heavy (non-hydrogen) atoms. The Hall–Kier alpha value is -2.44. The molecule has 1 aromatic carbocycles. The number of rotatable bonds is 5. The maximum atomic E-state index is 11.2. The number of primary amides is 2. The SMILES string of the molecule is NC(=O)NCCNc1c(N)cccc1C(N)=O. The molecule has 0 heterocycles. The second-order valence-electron chi connectivity index (χ2n) is 3.35. The molecule has 0 aromatic heterocycles. The minimum Gasteiger partial charge on any atom is -0.397 e. The lowest BCUT2D eigenvalue weighted by atomic mass is 10.1. The molecular formula is C10H15N5O2. The van der Waals surface area contributed by atoms with Crippen LogP contribution < -0.4 is 27.8 Å². The Morgan fingerprint density at radius 3 is 2.47 bits per heavy atom. The minimum absolute atomic E-state index is 0.309. The van der Waals surface area contributed by atoms with Crippen LogP contribution >= 0.6 is 0 Å². The maximum Gasteiger partial charge on any atom is 0.312 e. The van der Waals surface area contributed by atoms with Crippen LogP contribution in [-0.4, -0.2) is 25.0 Å². The van der Waals surface area contributed by atoms with Gasteiger partial charge in [0.1, 0.15) is 0 Å². The van der Waals surface area contributed by atoms with Crippen molar-refractivity contribution in [2.75, 3.05) is 24.1 Å². The fourth-order valence-corrected chi connectivity index (χ4v) is 1.35. The second kappa shape index (κ2) is 5.59. The van der Waals surface area contributed by atoms with Gasteiger partial charge < -0.3 is 27.8 Å². The Balaban J connectivity index is 2.69. The fourth-order valence-electron chi connectivity index (χ4n) is 1.35. The van der Waals surface area contributed by atoms with Gasteiger partial charge in [-0.1, -0.05) is 6.07 Å². The summed E-state index contributed by atoms with van der Waals surface area (Å²) in [4.78, 5) is 21.6. The third-order valence-electron chi connectivity index (χ3n) is 2.09. The van der Waals surface area contributed by atoms with Gasteiger partial charge in [-0.15, -0.1) is 0 Å². The Morgan fingerprint density at radius 2 is 1.88 bits per heavy atom. The number of urea groups is 1. The highest BCUT2D eigenvalue weighted by atomic mass is 16.2. The normalized spacial score (nSPS) is 9.65. The zero-order valence-electron chi connectivity index (χ0n) is 9.19. The average molecular weight is 237 g/mol. The van der Waals surface area contributed by atoms with Gasteiger partial charge in [-0.25, -0.2) is 4.79 Å². The van der Waals surface area contributed by atoms with Gasteiger partial charge in [0.2, 0.25) is 0 Å². The van der Waals surface area contributed by atoms with E-state index in [-0.39, 0.29) is 0 Å². The number of benzene rings is 1. The van der Waals surface area contributed by atoms with Crippen LogP contribution in [0.4, 0.5) is 16.2 Å². The molecule has 1 aromatic rings. The molecule has 8 N–H and O–H groups in total. The monoisotopic (exact) mass is 237 g/mol. The molecule has 0 saturated heterocycles. The van der Waals surface area contributed by atoms with E-state index >= 15 is 0 Å². The first-order valence-electron chi connectivity index (χ1n) is 4.98. The highest BCUT2D eigenvalue weighted by Crippen LogP contribution is 2.22. The molecule has 0 atom stereocenters. The summed E-state index contributed by atoms with van der Waals surface area (Å²) in [5.74, 6) is -0.567. The van der Waals surface area contributed by atoms with Gasteiger partial charge in [0.15, 0.2) is 0 Å². The standard InChI is InChI=1S/C10H15N5O2/c11-7-3-1-2-6(9(12)16)8(7)14-4-5-15-10(13)17/h1-3,14H,4-5,11H2,(H2,12,16)(H3,13,15,17). The molecule has 0 saturated carbocycles. The van der Waals surface area contributed by atoms with Crippen LogP contribution in [0.1, 0.15) is 10.4 Å². The predicted octanol–water partition coefficient (Wildman–Crippen LogP) is -0.552. The Bertz CT molecular complexity index is 433. The first kappa shape index (κ1) is 12.6. The third kappa shape index (κ3) is 3.56. The second-order valence-corrected chi connectivity index (χ2v) is 3.35. The van der Waals surface area contributed by atoms with Crippen LogP contribution in [-0.2, 0) is 0 Å². The molecule has 7 nitrogen and oxygen atoms in total. The van der Waals surface area contributed by atoms with Crippen molar-refractivity contribution in [3.8, 4) is 0 Å². The molecular weight excluding hydrogens is 222 g/mol. The van der Waals surface area contributed by atoms with Gasteiger partial charge in [-0.2, -0.15) is 0 Å². The quantitative estimate of drug-likeness (QED) is 0.346.